The monoisotopic (exact) mass is 389 g/mol. The highest BCUT2D eigenvalue weighted by Crippen LogP contribution is 2.23. The Labute approximate surface area is 164 Å². The van der Waals surface area contributed by atoms with Crippen LogP contribution in [0.15, 0.2) is 24.5 Å². The highest BCUT2D eigenvalue weighted by atomic mass is 16.4. The predicted octanol–water partition coefficient (Wildman–Crippen LogP) is 0.290. The lowest BCUT2D eigenvalue weighted by Crippen LogP contribution is -2.54. The van der Waals surface area contributed by atoms with Crippen LogP contribution in [0.25, 0.3) is 0 Å². The summed E-state index contributed by atoms with van der Waals surface area (Å²) in [6.45, 7) is 5.03. The van der Waals surface area contributed by atoms with Crippen LogP contribution in [0.3, 0.4) is 0 Å². The number of pyridine rings is 1. The van der Waals surface area contributed by atoms with Gasteiger partial charge in [-0.05, 0) is 25.0 Å². The van der Waals surface area contributed by atoms with Crippen LogP contribution in [0, 0.1) is 5.92 Å². The van der Waals surface area contributed by atoms with Crippen molar-refractivity contribution in [3.05, 3.63) is 24.5 Å². The number of piperidine rings is 1. The van der Waals surface area contributed by atoms with Crippen molar-refractivity contribution in [1.29, 1.82) is 0 Å². The zero-order valence-electron chi connectivity index (χ0n) is 16.2. The summed E-state index contributed by atoms with van der Waals surface area (Å²) >= 11 is 0. The summed E-state index contributed by atoms with van der Waals surface area (Å²) in [5.41, 5.74) is 1.12. The number of hydrogen-bond donors (Lipinski definition) is 1. The van der Waals surface area contributed by atoms with Gasteiger partial charge in [-0.3, -0.25) is 24.4 Å². The SMILES string of the molecule is CC(=O)N(CC(=O)O)N1CCC(C(=O)N2CCN(c3ccncc3)CC2)CC1. The Morgan fingerprint density at radius 1 is 1.07 bits per heavy atom. The number of aromatic nitrogens is 1. The van der Waals surface area contributed by atoms with E-state index in [9.17, 15) is 14.4 Å². The molecule has 0 spiro atoms. The van der Waals surface area contributed by atoms with Gasteiger partial charge >= 0.3 is 5.97 Å². The molecule has 9 nitrogen and oxygen atoms in total. The average molecular weight is 389 g/mol. The second kappa shape index (κ2) is 9.01. The first-order chi connectivity index (χ1) is 13.5. The van der Waals surface area contributed by atoms with Gasteiger partial charge in [0.05, 0.1) is 0 Å². The van der Waals surface area contributed by atoms with Crippen LogP contribution in [0.2, 0.25) is 0 Å². The Balaban J connectivity index is 1.49. The first-order valence-corrected chi connectivity index (χ1v) is 9.64. The summed E-state index contributed by atoms with van der Waals surface area (Å²) in [7, 11) is 0. The molecule has 0 aromatic carbocycles. The van der Waals surface area contributed by atoms with Gasteiger partial charge in [-0.15, -0.1) is 0 Å². The fourth-order valence-electron chi connectivity index (χ4n) is 3.89. The van der Waals surface area contributed by atoms with E-state index in [1.165, 1.54) is 11.9 Å². The van der Waals surface area contributed by atoms with E-state index in [-0.39, 0.29) is 24.3 Å². The number of hydrogen-bond acceptors (Lipinski definition) is 6. The van der Waals surface area contributed by atoms with Crippen LogP contribution in [0.1, 0.15) is 19.8 Å². The van der Waals surface area contributed by atoms with E-state index < -0.39 is 5.97 Å². The summed E-state index contributed by atoms with van der Waals surface area (Å²) in [6, 6.07) is 3.95. The maximum Gasteiger partial charge on any atom is 0.324 e. The quantitative estimate of drug-likeness (QED) is 0.773. The van der Waals surface area contributed by atoms with E-state index >= 15 is 0 Å². The highest BCUT2D eigenvalue weighted by molar-refractivity contribution is 5.80. The molecule has 1 aromatic heterocycles. The fourth-order valence-corrected chi connectivity index (χ4v) is 3.89. The lowest BCUT2D eigenvalue weighted by molar-refractivity contribution is -0.161. The van der Waals surface area contributed by atoms with Crippen molar-refractivity contribution in [1.82, 2.24) is 19.9 Å². The Morgan fingerprint density at radius 2 is 1.68 bits per heavy atom. The molecule has 152 valence electrons. The van der Waals surface area contributed by atoms with Crippen LogP contribution >= 0.6 is 0 Å². The maximum absolute atomic E-state index is 12.9. The lowest BCUT2D eigenvalue weighted by Gasteiger charge is -2.41. The predicted molar refractivity (Wildman–Crippen MR) is 102 cm³/mol. The van der Waals surface area contributed by atoms with E-state index in [1.807, 2.05) is 17.0 Å². The van der Waals surface area contributed by atoms with E-state index in [1.54, 1.807) is 17.4 Å². The van der Waals surface area contributed by atoms with Crippen molar-refractivity contribution in [2.45, 2.75) is 19.8 Å². The molecule has 9 heteroatoms. The molecule has 0 unspecified atom stereocenters. The number of piperazine rings is 1. The number of aliphatic carboxylic acids is 1. The number of rotatable bonds is 5. The van der Waals surface area contributed by atoms with E-state index in [0.717, 1.165) is 18.8 Å². The number of carboxylic acid groups (broad SMARTS) is 1. The fraction of sp³-hybridized carbons (Fsp3) is 0.579. The smallest absolute Gasteiger partial charge is 0.324 e. The number of carbonyl (C=O) groups excluding carboxylic acids is 2. The molecule has 2 aliphatic rings. The van der Waals surface area contributed by atoms with Crippen LogP contribution in [-0.4, -0.2) is 88.6 Å². The number of amides is 2. The van der Waals surface area contributed by atoms with Gasteiger partial charge in [-0.25, -0.2) is 5.01 Å². The van der Waals surface area contributed by atoms with Gasteiger partial charge < -0.3 is 14.9 Å². The minimum atomic E-state index is -1.04. The summed E-state index contributed by atoms with van der Waals surface area (Å²) < 4.78 is 0. The zero-order chi connectivity index (χ0) is 20.1. The highest BCUT2D eigenvalue weighted by Gasteiger charge is 2.33. The number of anilines is 1. The Bertz CT molecular complexity index is 698. The molecule has 2 saturated heterocycles. The summed E-state index contributed by atoms with van der Waals surface area (Å²) in [4.78, 5) is 43.8. The van der Waals surface area contributed by atoms with Crippen LogP contribution in [-0.2, 0) is 14.4 Å². The maximum atomic E-state index is 12.9. The third kappa shape index (κ3) is 4.78. The van der Waals surface area contributed by atoms with Crippen molar-refractivity contribution in [2.24, 2.45) is 5.92 Å². The van der Waals surface area contributed by atoms with Gasteiger partial charge in [-0.1, -0.05) is 0 Å². The first kappa shape index (κ1) is 20.1. The third-order valence-electron chi connectivity index (χ3n) is 5.43. The average Bonchev–Trinajstić information content (AvgIpc) is 2.72. The molecule has 2 aliphatic heterocycles. The molecule has 0 bridgehead atoms. The lowest BCUT2D eigenvalue weighted by atomic mass is 9.95. The molecule has 0 radical (unpaired) electrons. The molecule has 2 fully saturated rings. The number of carbonyl (C=O) groups is 3. The van der Waals surface area contributed by atoms with Crippen LogP contribution in [0.4, 0.5) is 5.69 Å². The van der Waals surface area contributed by atoms with Crippen molar-refractivity contribution in [2.75, 3.05) is 50.7 Å². The molecular formula is C19H27N5O4. The zero-order valence-corrected chi connectivity index (χ0v) is 16.2. The van der Waals surface area contributed by atoms with Crippen molar-refractivity contribution in [3.8, 4) is 0 Å². The largest absolute Gasteiger partial charge is 0.480 e. The van der Waals surface area contributed by atoms with Crippen molar-refractivity contribution >= 4 is 23.5 Å². The van der Waals surface area contributed by atoms with Gasteiger partial charge in [0.25, 0.3) is 0 Å². The summed E-state index contributed by atoms with van der Waals surface area (Å²) in [6.07, 6.45) is 4.81. The van der Waals surface area contributed by atoms with Crippen LogP contribution in [0.5, 0.6) is 0 Å². The molecule has 0 aliphatic carbocycles. The number of carboxylic acids is 1. The topological polar surface area (TPSA) is 97.3 Å². The Kier molecular flexibility index (Phi) is 6.45. The van der Waals surface area contributed by atoms with Gasteiger partial charge in [0.2, 0.25) is 11.8 Å². The molecule has 28 heavy (non-hydrogen) atoms. The minimum Gasteiger partial charge on any atom is -0.480 e. The van der Waals surface area contributed by atoms with Gasteiger partial charge in [-0.2, -0.15) is 0 Å². The summed E-state index contributed by atoms with van der Waals surface area (Å²) in [5, 5.41) is 12.0. The molecule has 1 aromatic rings. The standard InChI is InChI=1S/C19H27N5O4/c1-15(25)24(14-18(26)27)23-8-4-16(5-9-23)19(28)22-12-10-21(11-13-22)17-2-6-20-7-3-17/h2-3,6-7,16H,4-5,8-14H2,1H3,(H,26,27). The van der Waals surface area contributed by atoms with E-state index in [2.05, 4.69) is 9.88 Å². The normalized spacial score (nSPS) is 18.8. The molecule has 3 heterocycles. The molecule has 0 saturated carbocycles. The molecule has 0 atom stereocenters. The molecule has 3 rings (SSSR count). The van der Waals surface area contributed by atoms with Gasteiger partial charge in [0.1, 0.15) is 6.54 Å². The molecule has 1 N–H and O–H groups in total. The molecular weight excluding hydrogens is 362 g/mol. The number of nitrogens with zero attached hydrogens (tertiary/aromatic N) is 5. The van der Waals surface area contributed by atoms with Gasteiger partial charge in [0, 0.05) is 70.2 Å². The van der Waals surface area contributed by atoms with Gasteiger partial charge in [0.15, 0.2) is 0 Å². The Hall–Kier alpha value is -2.68. The number of hydrazine groups is 1. The summed E-state index contributed by atoms with van der Waals surface area (Å²) in [5.74, 6) is -1.23. The van der Waals surface area contributed by atoms with E-state index in [4.69, 9.17) is 5.11 Å². The second-order valence-corrected chi connectivity index (χ2v) is 7.22. The molecule has 2 amide bonds. The first-order valence-electron chi connectivity index (χ1n) is 9.64. The second-order valence-electron chi connectivity index (χ2n) is 7.22. The Morgan fingerprint density at radius 3 is 2.21 bits per heavy atom. The van der Waals surface area contributed by atoms with Crippen molar-refractivity contribution < 1.29 is 19.5 Å². The van der Waals surface area contributed by atoms with Crippen LogP contribution < -0.4 is 4.90 Å². The van der Waals surface area contributed by atoms with E-state index in [0.29, 0.717) is 39.0 Å². The minimum absolute atomic E-state index is 0.0673. The van der Waals surface area contributed by atoms with Crippen molar-refractivity contribution in [3.63, 3.8) is 0 Å². The third-order valence-corrected chi connectivity index (χ3v) is 5.43.